The Morgan fingerprint density at radius 2 is 1.72 bits per heavy atom. The van der Waals surface area contributed by atoms with E-state index in [1.807, 2.05) is 6.07 Å². The number of nitro benzene ring substituents is 1. The molecule has 0 atom stereocenters. The molecule has 0 spiro atoms. The van der Waals surface area contributed by atoms with Crippen LogP contribution in [0.3, 0.4) is 0 Å². The average Bonchev–Trinajstić information content (AvgIpc) is 2.36. The van der Waals surface area contributed by atoms with Gasteiger partial charge in [-0.15, -0.1) is 0 Å². The topological polar surface area (TPSA) is 83.6 Å². The van der Waals surface area contributed by atoms with Gasteiger partial charge in [-0.3, -0.25) is 10.1 Å². The molecule has 2 aromatic carbocycles. The van der Waals surface area contributed by atoms with Gasteiger partial charge in [-0.2, -0.15) is 0 Å². The van der Waals surface area contributed by atoms with Crippen molar-refractivity contribution in [2.45, 2.75) is 6.42 Å². The molecule has 0 aliphatic heterocycles. The highest BCUT2D eigenvalue weighted by Gasteiger charge is 2.20. The summed E-state index contributed by atoms with van der Waals surface area (Å²) in [6, 6.07) is 11.3. The first-order chi connectivity index (χ1) is 8.59. The van der Waals surface area contributed by atoms with Gasteiger partial charge < -0.3 is 10.2 Å². The molecule has 0 saturated carbocycles. The van der Waals surface area contributed by atoms with Crippen LogP contribution >= 0.6 is 0 Å². The Balaban J connectivity index is 2.48. The maximum absolute atomic E-state index is 10.9. The van der Waals surface area contributed by atoms with Crippen LogP contribution in [0.1, 0.15) is 11.1 Å². The van der Waals surface area contributed by atoms with Crippen LogP contribution in [0, 0.1) is 10.1 Å². The summed E-state index contributed by atoms with van der Waals surface area (Å²) in [6.07, 6.45) is 0.192. The van der Waals surface area contributed by atoms with Gasteiger partial charge in [0, 0.05) is 12.5 Å². The summed E-state index contributed by atoms with van der Waals surface area (Å²) in [7, 11) is 0. The van der Waals surface area contributed by atoms with Crippen molar-refractivity contribution in [1.82, 2.24) is 0 Å². The van der Waals surface area contributed by atoms with Crippen LogP contribution in [0.4, 0.5) is 5.69 Å². The van der Waals surface area contributed by atoms with Crippen LogP contribution in [0.2, 0.25) is 0 Å². The zero-order valence-electron chi connectivity index (χ0n) is 9.41. The molecule has 0 saturated heterocycles. The first kappa shape index (κ1) is 11.9. The van der Waals surface area contributed by atoms with Crippen molar-refractivity contribution >= 4 is 5.69 Å². The summed E-state index contributed by atoms with van der Waals surface area (Å²) in [5, 5.41) is 30.0. The third-order valence-corrected chi connectivity index (χ3v) is 2.66. The first-order valence-corrected chi connectivity index (χ1v) is 5.31. The van der Waals surface area contributed by atoms with E-state index >= 15 is 0 Å². The van der Waals surface area contributed by atoms with E-state index in [0.29, 0.717) is 0 Å². The molecule has 18 heavy (non-hydrogen) atoms. The molecule has 92 valence electrons. The lowest BCUT2D eigenvalue weighted by Crippen LogP contribution is -1.97. The summed E-state index contributed by atoms with van der Waals surface area (Å²) >= 11 is 0. The van der Waals surface area contributed by atoms with Gasteiger partial charge in [0.25, 0.3) is 5.69 Å². The van der Waals surface area contributed by atoms with E-state index in [0.717, 1.165) is 11.6 Å². The molecule has 0 aromatic heterocycles. The average molecular weight is 245 g/mol. The minimum absolute atomic E-state index is 0.117. The summed E-state index contributed by atoms with van der Waals surface area (Å²) in [5.41, 5.74) is 0.738. The van der Waals surface area contributed by atoms with E-state index in [1.165, 1.54) is 6.07 Å². The van der Waals surface area contributed by atoms with Gasteiger partial charge in [-0.05, 0) is 11.6 Å². The number of nitro groups is 1. The lowest BCUT2D eigenvalue weighted by Gasteiger charge is -2.07. The molecular weight excluding hydrogens is 234 g/mol. The summed E-state index contributed by atoms with van der Waals surface area (Å²) in [5.74, 6) is -0.792. The third-order valence-electron chi connectivity index (χ3n) is 2.66. The Hall–Kier alpha value is -2.56. The number of rotatable bonds is 3. The molecule has 0 fully saturated rings. The van der Waals surface area contributed by atoms with Crippen LogP contribution in [-0.2, 0) is 6.42 Å². The predicted molar refractivity (Wildman–Crippen MR) is 65.7 cm³/mol. The van der Waals surface area contributed by atoms with Gasteiger partial charge in [0.05, 0.1) is 10.5 Å². The highest BCUT2D eigenvalue weighted by Crippen LogP contribution is 2.36. The van der Waals surface area contributed by atoms with Crippen molar-refractivity contribution in [3.63, 3.8) is 0 Å². The van der Waals surface area contributed by atoms with Gasteiger partial charge >= 0.3 is 0 Å². The van der Waals surface area contributed by atoms with Crippen molar-refractivity contribution < 1.29 is 15.1 Å². The minimum atomic E-state index is -0.572. The molecule has 2 aromatic rings. The van der Waals surface area contributed by atoms with E-state index < -0.39 is 10.7 Å². The summed E-state index contributed by atoms with van der Waals surface area (Å²) in [6.45, 7) is 0. The predicted octanol–water partition coefficient (Wildman–Crippen LogP) is 2.60. The number of aromatic hydroxyl groups is 2. The number of benzene rings is 2. The molecule has 0 aliphatic carbocycles. The zero-order valence-corrected chi connectivity index (χ0v) is 9.41. The molecule has 0 bridgehead atoms. The number of phenolic OH excluding ortho intramolecular Hbond substituents is 2. The molecule has 0 heterocycles. The van der Waals surface area contributed by atoms with Crippen LogP contribution in [-0.4, -0.2) is 15.1 Å². The second-order valence-electron chi connectivity index (χ2n) is 3.85. The smallest absolute Gasteiger partial charge is 0.276 e. The second kappa shape index (κ2) is 4.75. The number of hydrogen-bond acceptors (Lipinski definition) is 4. The van der Waals surface area contributed by atoms with E-state index in [-0.39, 0.29) is 23.4 Å². The fourth-order valence-electron chi connectivity index (χ4n) is 1.76. The maximum Gasteiger partial charge on any atom is 0.276 e. The van der Waals surface area contributed by atoms with E-state index in [2.05, 4.69) is 0 Å². The lowest BCUT2D eigenvalue weighted by molar-refractivity contribution is -0.385. The number of hydrogen-bond donors (Lipinski definition) is 2. The summed E-state index contributed by atoms with van der Waals surface area (Å²) in [4.78, 5) is 10.3. The minimum Gasteiger partial charge on any atom is -0.504 e. The molecule has 0 amide bonds. The normalized spacial score (nSPS) is 10.2. The number of nitrogens with zero attached hydrogens (tertiary/aromatic N) is 1. The Kier molecular flexibility index (Phi) is 3.14. The standard InChI is InChI=1S/C13H11NO4/c15-12-7-6-11(14(17)18)10(13(12)16)8-9-4-2-1-3-5-9/h1-7,15-16H,8H2. The van der Waals surface area contributed by atoms with Crippen molar-refractivity contribution in [1.29, 1.82) is 0 Å². The van der Waals surface area contributed by atoms with E-state index in [9.17, 15) is 20.3 Å². The SMILES string of the molecule is O=[N+]([O-])c1ccc(O)c(O)c1Cc1ccccc1. The molecule has 5 heteroatoms. The van der Waals surface area contributed by atoms with Crippen molar-refractivity contribution in [3.05, 3.63) is 63.7 Å². The molecule has 0 radical (unpaired) electrons. The van der Waals surface area contributed by atoms with Crippen LogP contribution in [0.5, 0.6) is 11.5 Å². The van der Waals surface area contributed by atoms with Crippen LogP contribution < -0.4 is 0 Å². The monoisotopic (exact) mass is 245 g/mol. The first-order valence-electron chi connectivity index (χ1n) is 5.31. The highest BCUT2D eigenvalue weighted by molar-refractivity contribution is 5.57. The summed E-state index contributed by atoms with van der Waals surface area (Å²) < 4.78 is 0. The maximum atomic E-state index is 10.9. The Labute approximate surface area is 103 Å². The largest absolute Gasteiger partial charge is 0.504 e. The molecule has 2 rings (SSSR count). The molecule has 2 N–H and O–H groups in total. The van der Waals surface area contributed by atoms with Gasteiger partial charge in [0.2, 0.25) is 0 Å². The second-order valence-corrected chi connectivity index (χ2v) is 3.85. The Morgan fingerprint density at radius 3 is 2.33 bits per heavy atom. The molecule has 5 nitrogen and oxygen atoms in total. The fraction of sp³-hybridized carbons (Fsp3) is 0.0769. The van der Waals surface area contributed by atoms with Crippen LogP contribution in [0.25, 0.3) is 0 Å². The Morgan fingerprint density at radius 1 is 1.06 bits per heavy atom. The van der Waals surface area contributed by atoms with E-state index in [4.69, 9.17) is 0 Å². The van der Waals surface area contributed by atoms with Crippen molar-refractivity contribution in [3.8, 4) is 11.5 Å². The van der Waals surface area contributed by atoms with Gasteiger partial charge in [-0.1, -0.05) is 30.3 Å². The lowest BCUT2D eigenvalue weighted by atomic mass is 10.0. The molecular formula is C13H11NO4. The van der Waals surface area contributed by atoms with Crippen molar-refractivity contribution in [2.75, 3.05) is 0 Å². The van der Waals surface area contributed by atoms with Crippen LogP contribution in [0.15, 0.2) is 42.5 Å². The van der Waals surface area contributed by atoms with Crippen molar-refractivity contribution in [2.24, 2.45) is 0 Å². The Bertz CT molecular complexity index is 581. The molecule has 0 unspecified atom stereocenters. The highest BCUT2D eigenvalue weighted by atomic mass is 16.6. The van der Waals surface area contributed by atoms with Gasteiger partial charge in [0.1, 0.15) is 0 Å². The molecule has 0 aliphatic rings. The fourth-order valence-corrected chi connectivity index (χ4v) is 1.76. The van der Waals surface area contributed by atoms with Gasteiger partial charge in [0.15, 0.2) is 11.5 Å². The quantitative estimate of drug-likeness (QED) is 0.494. The number of phenols is 2. The third kappa shape index (κ3) is 2.24. The van der Waals surface area contributed by atoms with E-state index in [1.54, 1.807) is 24.3 Å². The zero-order chi connectivity index (χ0) is 13.1. The van der Waals surface area contributed by atoms with Gasteiger partial charge in [-0.25, -0.2) is 0 Å².